The first-order valence-electron chi connectivity index (χ1n) is 7.53. The van der Waals surface area contributed by atoms with Gasteiger partial charge in [0.25, 0.3) is 0 Å². The third-order valence-corrected chi connectivity index (χ3v) is 6.44. The van der Waals surface area contributed by atoms with Crippen molar-refractivity contribution in [1.29, 1.82) is 0 Å². The monoisotopic (exact) mass is 433 g/mol. The number of hydrogen-bond acceptors (Lipinski definition) is 5. The third-order valence-electron chi connectivity index (χ3n) is 3.37. The molecule has 5 nitrogen and oxygen atoms in total. The third kappa shape index (κ3) is 5.89. The van der Waals surface area contributed by atoms with Crippen molar-refractivity contribution < 1.29 is 17.9 Å². The average molecular weight is 434 g/mol. The van der Waals surface area contributed by atoms with Crippen LogP contribution in [0.25, 0.3) is 0 Å². The number of hydrogen-bond donors (Lipinski definition) is 1. The van der Waals surface area contributed by atoms with Crippen LogP contribution in [-0.4, -0.2) is 33.8 Å². The summed E-state index contributed by atoms with van der Waals surface area (Å²) in [4.78, 5) is 11.6. The van der Waals surface area contributed by atoms with E-state index in [2.05, 4.69) is 9.46 Å². The number of nitrogens with one attached hydrogen (secondary N) is 1. The molecule has 0 fully saturated rings. The summed E-state index contributed by atoms with van der Waals surface area (Å²) in [6.45, 7) is 0.261. The molecule has 0 bridgehead atoms. The Morgan fingerprint density at radius 1 is 1.15 bits per heavy atom. The molecule has 0 aromatic heterocycles. The average Bonchev–Trinajstić information content (AvgIpc) is 2.62. The van der Waals surface area contributed by atoms with Crippen molar-refractivity contribution in [3.05, 3.63) is 63.6 Å². The van der Waals surface area contributed by atoms with Crippen molar-refractivity contribution in [3.8, 4) is 0 Å². The number of sulfonamides is 1. The van der Waals surface area contributed by atoms with Gasteiger partial charge in [-0.3, -0.25) is 0 Å². The summed E-state index contributed by atoms with van der Waals surface area (Å²) in [7, 11) is -2.53. The lowest BCUT2D eigenvalue weighted by molar-refractivity contribution is 0.0600. The molecule has 0 saturated carbocycles. The largest absolute Gasteiger partial charge is 0.465 e. The molecule has 0 heterocycles. The maximum absolute atomic E-state index is 12.3. The van der Waals surface area contributed by atoms with Gasteiger partial charge in [0.1, 0.15) is 0 Å². The molecule has 0 unspecified atom stereocenters. The Morgan fingerprint density at radius 3 is 2.50 bits per heavy atom. The standard InChI is InChI=1S/C17H17Cl2NO4S2/c1-24-17(21)15-10-14(6-7-16(15)19)26(22,23)20-8-9-25-11-12-2-4-13(18)5-3-12/h2-7,10,20H,8-9,11H2,1H3. The molecule has 0 spiro atoms. The second kappa shape index (κ2) is 9.62. The molecule has 0 aliphatic carbocycles. The molecule has 2 aromatic rings. The highest BCUT2D eigenvalue weighted by Gasteiger charge is 2.18. The van der Waals surface area contributed by atoms with Crippen molar-refractivity contribution in [2.24, 2.45) is 0 Å². The number of benzene rings is 2. The normalized spacial score (nSPS) is 11.3. The second-order valence-corrected chi connectivity index (χ2v) is 8.93. The van der Waals surface area contributed by atoms with E-state index in [-0.39, 0.29) is 22.0 Å². The van der Waals surface area contributed by atoms with Crippen LogP contribution >= 0.6 is 35.0 Å². The number of carbonyl (C=O) groups excluding carboxylic acids is 1. The van der Waals surface area contributed by atoms with E-state index >= 15 is 0 Å². The van der Waals surface area contributed by atoms with Crippen LogP contribution in [0.3, 0.4) is 0 Å². The summed E-state index contributed by atoms with van der Waals surface area (Å²) in [5.41, 5.74) is 1.12. The molecule has 26 heavy (non-hydrogen) atoms. The Hall–Kier alpha value is -1.25. The number of rotatable bonds is 8. The van der Waals surface area contributed by atoms with Crippen molar-refractivity contribution in [2.45, 2.75) is 10.6 Å². The van der Waals surface area contributed by atoms with E-state index in [4.69, 9.17) is 23.2 Å². The zero-order valence-corrected chi connectivity index (χ0v) is 17.0. The maximum atomic E-state index is 12.3. The summed E-state index contributed by atoms with van der Waals surface area (Å²) in [6, 6.07) is 11.4. The van der Waals surface area contributed by atoms with E-state index in [1.807, 2.05) is 24.3 Å². The molecule has 0 aliphatic heterocycles. The number of methoxy groups -OCH3 is 1. The van der Waals surface area contributed by atoms with Gasteiger partial charge in [0.05, 0.1) is 22.6 Å². The minimum atomic E-state index is -3.74. The van der Waals surface area contributed by atoms with Crippen LogP contribution in [0.4, 0.5) is 0 Å². The van der Waals surface area contributed by atoms with Gasteiger partial charge < -0.3 is 4.74 Å². The Labute approximate surface area is 167 Å². The van der Waals surface area contributed by atoms with Crippen LogP contribution in [0.15, 0.2) is 47.4 Å². The van der Waals surface area contributed by atoms with E-state index in [0.717, 1.165) is 11.3 Å². The van der Waals surface area contributed by atoms with Crippen molar-refractivity contribution in [1.82, 2.24) is 4.72 Å². The highest BCUT2D eigenvalue weighted by atomic mass is 35.5. The predicted octanol–water partition coefficient (Wildman–Crippen LogP) is 3.99. The first kappa shape index (κ1) is 21.1. The summed E-state index contributed by atoms with van der Waals surface area (Å²) in [6.07, 6.45) is 0. The SMILES string of the molecule is COC(=O)c1cc(S(=O)(=O)NCCSCc2ccc(Cl)cc2)ccc1Cl. The lowest BCUT2D eigenvalue weighted by Crippen LogP contribution is -2.26. The molecule has 140 valence electrons. The van der Waals surface area contributed by atoms with E-state index in [0.29, 0.717) is 10.8 Å². The molecule has 0 atom stereocenters. The van der Waals surface area contributed by atoms with Crippen LogP contribution < -0.4 is 4.72 Å². The number of carbonyl (C=O) groups is 1. The van der Waals surface area contributed by atoms with Gasteiger partial charge in [0, 0.05) is 23.1 Å². The van der Waals surface area contributed by atoms with Crippen LogP contribution in [-0.2, 0) is 20.5 Å². The molecule has 0 saturated heterocycles. The fourth-order valence-corrected chi connectivity index (χ4v) is 4.37. The molecule has 2 rings (SSSR count). The molecular formula is C17H17Cl2NO4S2. The smallest absolute Gasteiger partial charge is 0.339 e. The molecule has 0 aliphatic rings. The van der Waals surface area contributed by atoms with Crippen molar-refractivity contribution >= 4 is 51.0 Å². The van der Waals surface area contributed by atoms with Crippen LogP contribution in [0.1, 0.15) is 15.9 Å². The lowest BCUT2D eigenvalue weighted by atomic mass is 10.2. The van der Waals surface area contributed by atoms with Gasteiger partial charge in [-0.15, -0.1) is 0 Å². The van der Waals surface area contributed by atoms with Gasteiger partial charge in [0.15, 0.2) is 0 Å². The van der Waals surface area contributed by atoms with Crippen LogP contribution in [0, 0.1) is 0 Å². The van der Waals surface area contributed by atoms with E-state index < -0.39 is 16.0 Å². The highest BCUT2D eigenvalue weighted by Crippen LogP contribution is 2.21. The highest BCUT2D eigenvalue weighted by molar-refractivity contribution is 7.98. The number of halogens is 2. The maximum Gasteiger partial charge on any atom is 0.339 e. The molecule has 0 radical (unpaired) electrons. The Bertz CT molecular complexity index is 871. The molecule has 1 N–H and O–H groups in total. The zero-order valence-electron chi connectivity index (χ0n) is 13.9. The number of esters is 1. The van der Waals surface area contributed by atoms with Gasteiger partial charge in [-0.2, -0.15) is 11.8 Å². The minimum absolute atomic E-state index is 0.00848. The minimum Gasteiger partial charge on any atom is -0.465 e. The van der Waals surface area contributed by atoms with Gasteiger partial charge in [0.2, 0.25) is 10.0 Å². The summed E-state index contributed by atoms with van der Waals surface area (Å²) in [5.74, 6) is 0.664. The first-order chi connectivity index (χ1) is 12.3. The molecular weight excluding hydrogens is 417 g/mol. The van der Waals surface area contributed by atoms with Gasteiger partial charge in [-0.05, 0) is 35.9 Å². The van der Waals surface area contributed by atoms with E-state index in [1.165, 1.54) is 25.3 Å². The Morgan fingerprint density at radius 2 is 1.85 bits per heavy atom. The Kier molecular flexibility index (Phi) is 7.79. The Balaban J connectivity index is 1.90. The quantitative estimate of drug-likeness (QED) is 0.503. The molecule has 2 aromatic carbocycles. The zero-order chi connectivity index (χ0) is 19.2. The van der Waals surface area contributed by atoms with Crippen molar-refractivity contribution in [2.75, 3.05) is 19.4 Å². The molecule has 9 heteroatoms. The van der Waals surface area contributed by atoms with Gasteiger partial charge in [-0.25, -0.2) is 17.9 Å². The van der Waals surface area contributed by atoms with E-state index in [9.17, 15) is 13.2 Å². The van der Waals surface area contributed by atoms with Crippen LogP contribution in [0.5, 0.6) is 0 Å². The summed E-state index contributed by atoms with van der Waals surface area (Å²) < 4.78 is 31.8. The lowest BCUT2D eigenvalue weighted by Gasteiger charge is -2.09. The fourth-order valence-electron chi connectivity index (χ4n) is 2.04. The predicted molar refractivity (Wildman–Crippen MR) is 106 cm³/mol. The van der Waals surface area contributed by atoms with Crippen molar-refractivity contribution in [3.63, 3.8) is 0 Å². The van der Waals surface area contributed by atoms with Gasteiger partial charge >= 0.3 is 5.97 Å². The van der Waals surface area contributed by atoms with E-state index in [1.54, 1.807) is 11.8 Å². The van der Waals surface area contributed by atoms with Crippen LogP contribution in [0.2, 0.25) is 10.0 Å². The summed E-state index contributed by atoms with van der Waals surface area (Å²) in [5, 5.41) is 0.815. The molecule has 0 amide bonds. The first-order valence-corrected chi connectivity index (χ1v) is 10.9. The number of thioether (sulfide) groups is 1. The topological polar surface area (TPSA) is 72.5 Å². The second-order valence-electron chi connectivity index (χ2n) is 5.21. The van der Waals surface area contributed by atoms with Gasteiger partial charge in [-0.1, -0.05) is 35.3 Å². The number of ether oxygens (including phenoxy) is 1. The summed E-state index contributed by atoms with van der Waals surface area (Å²) >= 11 is 13.3. The fraction of sp³-hybridized carbons (Fsp3) is 0.235.